The lowest BCUT2D eigenvalue weighted by atomic mass is 10.2. The van der Waals surface area contributed by atoms with Gasteiger partial charge in [0.05, 0.1) is 17.1 Å². The van der Waals surface area contributed by atoms with E-state index in [0.29, 0.717) is 5.04 Å². The molecule has 0 N–H and O–H groups in total. The lowest BCUT2D eigenvalue weighted by Crippen LogP contribution is -2.62. The number of hydrogen-bond donors (Lipinski definition) is 0. The minimum atomic E-state index is -1.13. The van der Waals surface area contributed by atoms with Gasteiger partial charge < -0.3 is 0 Å². The van der Waals surface area contributed by atoms with Gasteiger partial charge >= 0.3 is 0 Å². The Morgan fingerprint density at radius 3 is 1.90 bits per heavy atom. The topological polar surface area (TPSA) is 56.2 Å². The van der Waals surface area contributed by atoms with Gasteiger partial charge in [0.2, 0.25) is 5.91 Å². The van der Waals surface area contributed by atoms with Crippen molar-refractivity contribution in [3.63, 3.8) is 0 Å². The summed E-state index contributed by atoms with van der Waals surface area (Å²) in [5.41, 5.74) is 3.32. The van der Waals surface area contributed by atoms with Crippen molar-refractivity contribution in [3.05, 3.63) is 84.9 Å². The Morgan fingerprint density at radius 1 is 0.774 bits per heavy atom. The van der Waals surface area contributed by atoms with Gasteiger partial charge in [0.25, 0.3) is 5.12 Å². The van der Waals surface area contributed by atoms with Crippen molar-refractivity contribution in [2.75, 3.05) is 14.8 Å². The predicted octanol–water partition coefficient (Wildman–Crippen LogP) is 4.96. The summed E-state index contributed by atoms with van der Waals surface area (Å²) >= 11 is 1.29. The van der Waals surface area contributed by atoms with E-state index in [1.54, 1.807) is 16.8 Å². The first-order valence-corrected chi connectivity index (χ1v) is 10.7. The molecule has 3 aromatic rings. The number of thioether (sulfide) groups is 1. The first-order valence-electron chi connectivity index (χ1n) is 9.93. The van der Waals surface area contributed by atoms with E-state index in [-0.39, 0.29) is 11.7 Å². The lowest BCUT2D eigenvalue weighted by molar-refractivity contribution is -0.117. The molecule has 3 aromatic carbocycles. The van der Waals surface area contributed by atoms with Crippen LogP contribution in [-0.4, -0.2) is 21.9 Å². The highest BCUT2D eigenvalue weighted by Crippen LogP contribution is 2.58. The number of carbonyl (C=O) groups excluding carboxylic acids is 2. The van der Waals surface area contributed by atoms with E-state index in [9.17, 15) is 9.59 Å². The number of benzene rings is 3. The zero-order chi connectivity index (χ0) is 21.6. The molecule has 7 heteroatoms. The Balaban J connectivity index is 1.83. The van der Waals surface area contributed by atoms with Gasteiger partial charge in [-0.1, -0.05) is 48.5 Å². The largest absolute Gasteiger partial charge is 0.292 e. The molecule has 154 valence electrons. The fraction of sp³-hybridized carbons (Fsp3) is 0.125. The number of nitrogens with zero attached hydrogens (tertiary/aromatic N) is 4. The van der Waals surface area contributed by atoms with Crippen LogP contribution in [0.25, 0.3) is 0 Å². The molecule has 5 rings (SSSR count). The van der Waals surface area contributed by atoms with E-state index in [1.807, 2.05) is 84.9 Å². The Bertz CT molecular complexity index is 1200. The molecular formula is C24H20N4O2S. The molecule has 2 aliphatic heterocycles. The maximum absolute atomic E-state index is 13.1. The van der Waals surface area contributed by atoms with Gasteiger partial charge in [0.15, 0.2) is 10.8 Å². The highest BCUT2D eigenvalue weighted by atomic mass is 32.2. The van der Waals surface area contributed by atoms with Gasteiger partial charge in [0, 0.05) is 19.5 Å². The first-order chi connectivity index (χ1) is 15.0. The summed E-state index contributed by atoms with van der Waals surface area (Å²) in [5, 5.41) is 5.72. The van der Waals surface area contributed by atoms with Crippen LogP contribution >= 0.6 is 11.8 Å². The molecule has 2 heterocycles. The van der Waals surface area contributed by atoms with Crippen molar-refractivity contribution in [2.45, 2.75) is 19.0 Å². The van der Waals surface area contributed by atoms with Crippen LogP contribution in [0.1, 0.15) is 13.8 Å². The predicted molar refractivity (Wildman–Crippen MR) is 126 cm³/mol. The summed E-state index contributed by atoms with van der Waals surface area (Å²) in [4.78, 5) is 29.4. The fourth-order valence-corrected chi connectivity index (χ4v) is 5.45. The Labute approximate surface area is 184 Å². The summed E-state index contributed by atoms with van der Waals surface area (Å²) < 4.78 is 0. The number of Topliss-reactive ketones (excluding diaryl/α,β-unsaturated/α-hetero) is 1. The average molecular weight is 429 g/mol. The van der Waals surface area contributed by atoms with E-state index in [4.69, 9.17) is 5.10 Å². The standard InChI is InChI=1S/C24H20N4O2S/c1-17(29)23-25-28(20-13-7-4-8-14-20)24(31-23)26(18(2)30)21-15-9-10-16-22(21)27(24)19-11-5-3-6-12-19/h3-16H,1-2H3/t24-/m0/s1. The maximum atomic E-state index is 13.1. The van der Waals surface area contributed by atoms with E-state index in [0.717, 1.165) is 22.7 Å². The molecule has 0 aliphatic carbocycles. The van der Waals surface area contributed by atoms with E-state index < -0.39 is 5.12 Å². The van der Waals surface area contributed by atoms with Crippen molar-refractivity contribution in [1.29, 1.82) is 0 Å². The Kier molecular flexibility index (Phi) is 4.55. The summed E-state index contributed by atoms with van der Waals surface area (Å²) in [6.07, 6.45) is 0. The second kappa shape index (κ2) is 7.28. The number of carbonyl (C=O) groups is 2. The lowest BCUT2D eigenvalue weighted by Gasteiger charge is -2.45. The number of para-hydroxylation sites is 4. The Morgan fingerprint density at radius 2 is 1.32 bits per heavy atom. The minimum Gasteiger partial charge on any atom is -0.292 e. The van der Waals surface area contributed by atoms with Crippen LogP contribution in [0.5, 0.6) is 0 Å². The second-order valence-corrected chi connectivity index (χ2v) is 8.44. The zero-order valence-corrected chi connectivity index (χ0v) is 17.9. The molecular weight excluding hydrogens is 408 g/mol. The van der Waals surface area contributed by atoms with Crippen molar-refractivity contribution < 1.29 is 9.59 Å². The minimum absolute atomic E-state index is 0.140. The van der Waals surface area contributed by atoms with Gasteiger partial charge in [-0.2, -0.15) is 5.10 Å². The third-order valence-electron chi connectivity index (χ3n) is 5.28. The summed E-state index contributed by atoms with van der Waals surface area (Å²) in [5.74, 6) is -0.283. The van der Waals surface area contributed by atoms with Crippen LogP contribution < -0.4 is 14.8 Å². The van der Waals surface area contributed by atoms with Crippen LogP contribution in [0.2, 0.25) is 0 Å². The van der Waals surface area contributed by atoms with E-state index in [2.05, 4.69) is 4.90 Å². The second-order valence-electron chi connectivity index (χ2n) is 7.30. The fourth-order valence-electron chi connectivity index (χ4n) is 4.08. The number of ketones is 1. The van der Waals surface area contributed by atoms with Crippen LogP contribution in [0, 0.1) is 0 Å². The number of fused-ring (bicyclic) bond motifs is 1. The first kappa shape index (κ1) is 19.4. The number of rotatable bonds is 3. The molecule has 0 radical (unpaired) electrons. The summed E-state index contributed by atoms with van der Waals surface area (Å²) in [7, 11) is 0. The van der Waals surface area contributed by atoms with Crippen LogP contribution in [0.3, 0.4) is 0 Å². The van der Waals surface area contributed by atoms with Crippen LogP contribution in [0.4, 0.5) is 22.7 Å². The molecule has 6 nitrogen and oxygen atoms in total. The third kappa shape index (κ3) is 2.84. The molecule has 1 atom stereocenters. The highest BCUT2D eigenvalue weighted by molar-refractivity contribution is 8.17. The number of anilines is 4. The summed E-state index contributed by atoms with van der Waals surface area (Å²) in [6, 6.07) is 27.3. The quantitative estimate of drug-likeness (QED) is 0.590. The van der Waals surface area contributed by atoms with Crippen molar-refractivity contribution in [1.82, 2.24) is 0 Å². The molecule has 0 bridgehead atoms. The molecule has 2 aliphatic rings. The number of hydrogen-bond acceptors (Lipinski definition) is 6. The molecule has 1 amide bonds. The van der Waals surface area contributed by atoms with Gasteiger partial charge in [-0.05, 0) is 48.2 Å². The molecule has 1 spiro atoms. The van der Waals surface area contributed by atoms with Gasteiger partial charge in [-0.25, -0.2) is 5.01 Å². The SMILES string of the molecule is CC(=O)C1=NN(c2ccccc2)[C@]2(S1)N(C(C)=O)c1ccccc1N2c1ccccc1. The number of amides is 1. The molecule has 0 saturated carbocycles. The molecule has 0 fully saturated rings. The monoisotopic (exact) mass is 428 g/mol. The molecule has 0 aromatic heterocycles. The van der Waals surface area contributed by atoms with Gasteiger partial charge in [-0.15, -0.1) is 0 Å². The average Bonchev–Trinajstić information content (AvgIpc) is 3.31. The van der Waals surface area contributed by atoms with E-state index in [1.165, 1.54) is 18.7 Å². The molecule has 0 saturated heterocycles. The van der Waals surface area contributed by atoms with Crippen molar-refractivity contribution in [3.8, 4) is 0 Å². The Hall–Kier alpha value is -3.58. The van der Waals surface area contributed by atoms with E-state index >= 15 is 0 Å². The zero-order valence-electron chi connectivity index (χ0n) is 17.1. The number of hydrazone groups is 1. The third-order valence-corrected chi connectivity index (χ3v) is 6.65. The van der Waals surface area contributed by atoms with Crippen LogP contribution in [-0.2, 0) is 9.59 Å². The van der Waals surface area contributed by atoms with Crippen molar-refractivity contribution in [2.24, 2.45) is 5.10 Å². The highest BCUT2D eigenvalue weighted by Gasteiger charge is 2.61. The molecule has 31 heavy (non-hydrogen) atoms. The van der Waals surface area contributed by atoms with Crippen LogP contribution in [0.15, 0.2) is 90.0 Å². The smallest absolute Gasteiger partial charge is 0.280 e. The normalized spacial score (nSPS) is 19.5. The van der Waals surface area contributed by atoms with Gasteiger partial charge in [-0.3, -0.25) is 19.4 Å². The van der Waals surface area contributed by atoms with Crippen molar-refractivity contribution >= 4 is 51.2 Å². The molecule has 0 unspecified atom stereocenters. The van der Waals surface area contributed by atoms with Gasteiger partial charge in [0.1, 0.15) is 0 Å². The maximum Gasteiger partial charge on any atom is 0.280 e. The summed E-state index contributed by atoms with van der Waals surface area (Å²) in [6.45, 7) is 3.05.